The first-order chi connectivity index (χ1) is 35.6. The molecule has 2 N–H and O–H groups in total. The zero-order chi connectivity index (χ0) is 46.8. The van der Waals surface area contributed by atoms with E-state index in [1.807, 2.05) is 121 Å². The molecule has 15 aromatic rings. The smallest absolute Gasteiger partial charge is 0.184 e. The summed E-state index contributed by atoms with van der Waals surface area (Å²) in [6, 6.07) is 48.4. The lowest BCUT2D eigenvalue weighted by Crippen LogP contribution is -1.94. The fourth-order valence-corrected chi connectivity index (χ4v) is 10.4. The van der Waals surface area contributed by atoms with Crippen LogP contribution in [0.15, 0.2) is 146 Å². The Morgan fingerprint density at radius 2 is 0.486 bits per heavy atom. The predicted molar refractivity (Wildman–Crippen MR) is 278 cm³/mol. The average Bonchev–Trinajstić information content (AvgIpc) is 4.15. The SMILES string of the molecule is c1ccc2c(c1)ccc1nc3c(nc12)-c1nc-3nc2[nH]c(nc3nc(nc4[nH]c(n1)c1nc5ccc6ccccc6c5nc41)-c1nc4ccc5ccccc5c4nc1-3)c1nc3ccc4ccccc4c3nc21. The summed E-state index contributed by atoms with van der Waals surface area (Å²) >= 11 is 0. The summed E-state index contributed by atoms with van der Waals surface area (Å²) in [6.45, 7) is 0. The molecule has 9 heterocycles. The average molecular weight is 923 g/mol. The Hall–Kier alpha value is -10.5. The van der Waals surface area contributed by atoms with E-state index in [2.05, 4.69) is 34.2 Å². The van der Waals surface area contributed by atoms with Crippen molar-refractivity contribution < 1.29 is 0 Å². The van der Waals surface area contributed by atoms with Gasteiger partial charge >= 0.3 is 0 Å². The second-order valence-corrected chi connectivity index (χ2v) is 17.9. The van der Waals surface area contributed by atoms with Crippen molar-refractivity contribution in [1.82, 2.24) is 79.7 Å². The maximum absolute atomic E-state index is 5.31. The van der Waals surface area contributed by atoms with Gasteiger partial charge in [0.2, 0.25) is 0 Å². The number of nitrogens with zero attached hydrogens (tertiary/aromatic N) is 14. The second-order valence-electron chi connectivity index (χ2n) is 17.9. The summed E-state index contributed by atoms with van der Waals surface area (Å²) in [4.78, 5) is 80.4. The predicted octanol–water partition coefficient (Wildman–Crippen LogP) is 11.3. The van der Waals surface area contributed by atoms with Crippen molar-refractivity contribution in [3.05, 3.63) is 146 Å². The second kappa shape index (κ2) is 13.6. The molecule has 17 rings (SSSR count). The molecule has 0 aliphatic carbocycles. The standard InChI is InChI=1S/C56H26N16/c1-5-13-29-25(9-1)17-21-33-37(29)61-45-41(57-33)49-65-53(45)69-50-42-46(62-38-30-14-6-2-10-26(30)18-22-34(38)58-42)55(66-50)71-52-44-48(64-40-32-16-8-4-12-28(32)20-24-36(40)60-44)56(68-52)72-51-43-47(54(67-51)70-49)63-39-31-15-7-3-11-27(31)19-23-35(39)59-43/h1-24H,(H2,65,66,67,68,69,70,71,72). The molecule has 2 aliphatic rings. The number of rotatable bonds is 0. The van der Waals surface area contributed by atoms with E-state index in [9.17, 15) is 0 Å². The number of aromatic amines is 2. The van der Waals surface area contributed by atoms with Crippen molar-refractivity contribution in [2.75, 3.05) is 0 Å². The topological polar surface area (TPSA) is 212 Å². The highest BCUT2D eigenvalue weighted by molar-refractivity contribution is 6.13. The largest absolute Gasteiger partial charge is 0.321 e. The maximum atomic E-state index is 5.31. The van der Waals surface area contributed by atoms with Crippen LogP contribution in [0.25, 0.3) is 178 Å². The lowest BCUT2D eigenvalue weighted by atomic mass is 10.1. The Labute approximate surface area is 401 Å². The van der Waals surface area contributed by atoms with E-state index in [0.717, 1.165) is 43.1 Å². The fourth-order valence-electron chi connectivity index (χ4n) is 10.4. The lowest BCUT2D eigenvalue weighted by molar-refractivity contribution is 1.18. The van der Waals surface area contributed by atoms with Crippen molar-refractivity contribution in [3.8, 4) is 46.1 Å². The molecule has 0 fully saturated rings. The van der Waals surface area contributed by atoms with E-state index in [1.54, 1.807) is 0 Å². The summed E-state index contributed by atoms with van der Waals surface area (Å²) in [5, 5.41) is 7.89. The van der Waals surface area contributed by atoms with Crippen molar-refractivity contribution in [3.63, 3.8) is 0 Å². The number of aromatic nitrogens is 16. The van der Waals surface area contributed by atoms with Crippen LogP contribution in [0.2, 0.25) is 0 Å². The third kappa shape index (κ3) is 5.22. The van der Waals surface area contributed by atoms with Gasteiger partial charge in [-0.2, -0.15) is 0 Å². The molecule has 0 amide bonds. The van der Waals surface area contributed by atoms with Gasteiger partial charge in [-0.15, -0.1) is 0 Å². The normalized spacial score (nSPS) is 12.4. The third-order valence-electron chi connectivity index (χ3n) is 13.8. The number of hydrogen-bond donors (Lipinski definition) is 2. The molecule has 8 aromatic carbocycles. The molecule has 0 spiro atoms. The first-order valence-electron chi connectivity index (χ1n) is 23.2. The highest BCUT2D eigenvalue weighted by Crippen LogP contribution is 2.39. The van der Waals surface area contributed by atoms with Gasteiger partial charge in [-0.1, -0.05) is 121 Å². The summed E-state index contributed by atoms with van der Waals surface area (Å²) in [7, 11) is 0. The van der Waals surface area contributed by atoms with Gasteiger partial charge in [0.05, 0.1) is 44.1 Å². The quantitative estimate of drug-likeness (QED) is 0.136. The molecule has 16 heteroatoms. The van der Waals surface area contributed by atoms with Crippen LogP contribution in [0.4, 0.5) is 0 Å². The van der Waals surface area contributed by atoms with Crippen LogP contribution in [-0.4, -0.2) is 79.7 Å². The van der Waals surface area contributed by atoms with E-state index in [4.69, 9.17) is 69.8 Å². The maximum Gasteiger partial charge on any atom is 0.184 e. The Bertz CT molecular complexity index is 4880. The van der Waals surface area contributed by atoms with E-state index in [1.165, 1.54) is 0 Å². The number of benzene rings is 8. The van der Waals surface area contributed by atoms with Crippen LogP contribution in [0, 0.1) is 0 Å². The van der Waals surface area contributed by atoms with Gasteiger partial charge in [0.25, 0.3) is 0 Å². The minimum atomic E-state index is 0.264. The summed E-state index contributed by atoms with van der Waals surface area (Å²) in [5.41, 5.74) is 10.6. The third-order valence-corrected chi connectivity index (χ3v) is 13.8. The summed E-state index contributed by atoms with van der Waals surface area (Å²) in [5.74, 6) is 1.06. The zero-order valence-corrected chi connectivity index (χ0v) is 37.1. The molecule has 7 aromatic heterocycles. The van der Waals surface area contributed by atoms with Crippen molar-refractivity contribution in [2.24, 2.45) is 0 Å². The molecule has 0 radical (unpaired) electrons. The molecule has 2 aliphatic heterocycles. The van der Waals surface area contributed by atoms with Gasteiger partial charge in [0, 0.05) is 21.5 Å². The van der Waals surface area contributed by atoms with Crippen molar-refractivity contribution in [1.29, 1.82) is 0 Å². The van der Waals surface area contributed by atoms with Gasteiger partial charge in [-0.3, -0.25) is 0 Å². The minimum Gasteiger partial charge on any atom is -0.321 e. The number of H-pyrrole nitrogens is 2. The zero-order valence-electron chi connectivity index (χ0n) is 37.1. The van der Waals surface area contributed by atoms with Gasteiger partial charge in [-0.25, -0.2) is 69.8 Å². The van der Waals surface area contributed by atoms with Crippen molar-refractivity contribution in [2.45, 2.75) is 0 Å². The first-order valence-corrected chi connectivity index (χ1v) is 23.2. The van der Waals surface area contributed by atoms with E-state index in [0.29, 0.717) is 112 Å². The summed E-state index contributed by atoms with van der Waals surface area (Å²) in [6.07, 6.45) is 0. The minimum absolute atomic E-state index is 0.264. The molecule has 16 nitrogen and oxygen atoms in total. The molecule has 0 saturated carbocycles. The molecule has 0 saturated heterocycles. The Kier molecular flexibility index (Phi) is 7.09. The van der Waals surface area contributed by atoms with Crippen LogP contribution in [0.1, 0.15) is 0 Å². The van der Waals surface area contributed by atoms with Crippen molar-refractivity contribution >= 4 is 132 Å². The molecule has 330 valence electrons. The molecular formula is C56H26N16. The Balaban J connectivity index is 1.06. The van der Waals surface area contributed by atoms with Crippen LogP contribution < -0.4 is 0 Å². The highest BCUT2D eigenvalue weighted by atomic mass is 15.1. The van der Waals surface area contributed by atoms with Crippen LogP contribution in [-0.2, 0) is 0 Å². The van der Waals surface area contributed by atoms with E-state index >= 15 is 0 Å². The van der Waals surface area contributed by atoms with Gasteiger partial charge < -0.3 is 9.97 Å². The van der Waals surface area contributed by atoms with E-state index < -0.39 is 0 Å². The molecule has 0 unspecified atom stereocenters. The monoisotopic (exact) mass is 922 g/mol. The van der Waals surface area contributed by atoms with Gasteiger partial charge in [0.15, 0.2) is 45.9 Å². The fraction of sp³-hybridized carbons (Fsp3) is 0. The molecule has 8 bridgehead atoms. The van der Waals surface area contributed by atoms with Gasteiger partial charge in [0.1, 0.15) is 44.8 Å². The Morgan fingerprint density at radius 3 is 0.833 bits per heavy atom. The highest BCUT2D eigenvalue weighted by Gasteiger charge is 2.28. The van der Waals surface area contributed by atoms with Crippen LogP contribution in [0.3, 0.4) is 0 Å². The summed E-state index contributed by atoms with van der Waals surface area (Å²) < 4.78 is 0. The number of hydrogen-bond acceptors (Lipinski definition) is 14. The molecular weight excluding hydrogens is 897 g/mol. The lowest BCUT2D eigenvalue weighted by Gasteiger charge is -2.05. The molecule has 72 heavy (non-hydrogen) atoms. The van der Waals surface area contributed by atoms with Gasteiger partial charge in [-0.05, 0) is 45.8 Å². The number of fused-ring (bicyclic) bond motifs is 32. The van der Waals surface area contributed by atoms with Crippen LogP contribution >= 0.6 is 0 Å². The van der Waals surface area contributed by atoms with Crippen LogP contribution in [0.5, 0.6) is 0 Å². The number of nitrogens with one attached hydrogen (secondary N) is 2. The molecule has 0 atom stereocenters. The van der Waals surface area contributed by atoms with E-state index in [-0.39, 0.29) is 23.3 Å². The first kappa shape index (κ1) is 37.5. The Morgan fingerprint density at radius 1 is 0.208 bits per heavy atom.